The fourth-order valence-electron chi connectivity index (χ4n) is 1.74. The van der Waals surface area contributed by atoms with Gasteiger partial charge in [-0.2, -0.15) is 4.98 Å². The van der Waals surface area contributed by atoms with Crippen LogP contribution in [0.15, 0.2) is 16.5 Å². The lowest BCUT2D eigenvalue weighted by atomic mass is 10.4. The Morgan fingerprint density at radius 3 is 3.06 bits per heavy atom. The van der Waals surface area contributed by atoms with Crippen LogP contribution in [0.25, 0.3) is 11.2 Å². The highest BCUT2D eigenvalue weighted by atomic mass is 16.3. The van der Waals surface area contributed by atoms with E-state index in [9.17, 15) is 0 Å². The Balaban J connectivity index is 1.71. The third-order valence-corrected chi connectivity index (χ3v) is 2.79. The number of nitrogens with one attached hydrogen (secondary N) is 1. The summed E-state index contributed by atoms with van der Waals surface area (Å²) >= 11 is 0. The van der Waals surface area contributed by atoms with Gasteiger partial charge in [-0.1, -0.05) is 0 Å². The van der Waals surface area contributed by atoms with E-state index in [0.29, 0.717) is 0 Å². The second kappa shape index (κ2) is 3.87. The second-order valence-electron chi connectivity index (χ2n) is 4.36. The molecular formula is C12H15N3O. The van der Waals surface area contributed by atoms with Crippen molar-refractivity contribution in [1.29, 1.82) is 0 Å². The van der Waals surface area contributed by atoms with Crippen molar-refractivity contribution in [2.75, 3.05) is 6.54 Å². The van der Waals surface area contributed by atoms with E-state index in [1.165, 1.54) is 12.8 Å². The molecule has 4 nitrogen and oxygen atoms in total. The number of fused-ring (bicyclic) bond motifs is 1. The molecule has 0 amide bonds. The fraction of sp³-hybridized carbons (Fsp3) is 0.500. The van der Waals surface area contributed by atoms with Crippen LogP contribution in [0, 0.1) is 6.92 Å². The maximum Gasteiger partial charge on any atom is 0.199 e. The molecule has 0 saturated heterocycles. The van der Waals surface area contributed by atoms with E-state index in [4.69, 9.17) is 4.42 Å². The SMILES string of the molecule is Cc1ccc2oc(CCNC3CC3)nc2n1. The lowest BCUT2D eigenvalue weighted by molar-refractivity contribution is 0.514. The Kier molecular flexibility index (Phi) is 2.36. The number of rotatable bonds is 4. The molecule has 16 heavy (non-hydrogen) atoms. The molecule has 0 bridgehead atoms. The molecule has 1 aliphatic rings. The van der Waals surface area contributed by atoms with Crippen molar-refractivity contribution in [2.24, 2.45) is 0 Å². The fourth-order valence-corrected chi connectivity index (χ4v) is 1.74. The monoisotopic (exact) mass is 217 g/mol. The van der Waals surface area contributed by atoms with E-state index in [1.807, 2.05) is 19.1 Å². The molecule has 0 atom stereocenters. The van der Waals surface area contributed by atoms with E-state index < -0.39 is 0 Å². The molecule has 0 aromatic carbocycles. The van der Waals surface area contributed by atoms with Crippen molar-refractivity contribution < 1.29 is 4.42 Å². The molecule has 2 aromatic rings. The van der Waals surface area contributed by atoms with Crippen molar-refractivity contribution >= 4 is 11.2 Å². The quantitative estimate of drug-likeness (QED) is 0.848. The number of aromatic nitrogens is 2. The van der Waals surface area contributed by atoms with Gasteiger partial charge in [0.25, 0.3) is 0 Å². The molecule has 0 unspecified atom stereocenters. The van der Waals surface area contributed by atoms with Gasteiger partial charge in [-0.15, -0.1) is 0 Å². The van der Waals surface area contributed by atoms with Crippen LogP contribution in [0.5, 0.6) is 0 Å². The first-order valence-electron chi connectivity index (χ1n) is 5.78. The van der Waals surface area contributed by atoms with Crippen LogP contribution in [0.1, 0.15) is 24.4 Å². The zero-order valence-electron chi connectivity index (χ0n) is 9.36. The number of nitrogens with zero attached hydrogens (tertiary/aromatic N) is 2. The summed E-state index contributed by atoms with van der Waals surface area (Å²) in [7, 11) is 0. The first-order chi connectivity index (χ1) is 7.81. The summed E-state index contributed by atoms with van der Waals surface area (Å²) in [5, 5.41) is 3.44. The van der Waals surface area contributed by atoms with E-state index >= 15 is 0 Å². The van der Waals surface area contributed by atoms with Crippen LogP contribution in [0.2, 0.25) is 0 Å². The first-order valence-corrected chi connectivity index (χ1v) is 5.78. The molecule has 1 fully saturated rings. The van der Waals surface area contributed by atoms with Crippen LogP contribution in [-0.4, -0.2) is 22.6 Å². The van der Waals surface area contributed by atoms with Crippen LogP contribution in [0.4, 0.5) is 0 Å². The normalized spacial score (nSPS) is 15.8. The highest BCUT2D eigenvalue weighted by Gasteiger charge is 2.20. The van der Waals surface area contributed by atoms with Gasteiger partial charge in [-0.05, 0) is 31.9 Å². The average Bonchev–Trinajstić information content (AvgIpc) is 2.98. The molecule has 3 rings (SSSR count). The number of aryl methyl sites for hydroxylation is 1. The number of hydrogen-bond acceptors (Lipinski definition) is 4. The zero-order chi connectivity index (χ0) is 11.0. The first kappa shape index (κ1) is 9.78. The summed E-state index contributed by atoms with van der Waals surface area (Å²) in [6, 6.07) is 4.62. The smallest absolute Gasteiger partial charge is 0.199 e. The largest absolute Gasteiger partial charge is 0.439 e. The summed E-state index contributed by atoms with van der Waals surface area (Å²) in [5.74, 6) is 0.779. The van der Waals surface area contributed by atoms with Gasteiger partial charge in [0.05, 0.1) is 0 Å². The molecule has 0 aliphatic heterocycles. The van der Waals surface area contributed by atoms with Crippen LogP contribution >= 0.6 is 0 Å². The topological polar surface area (TPSA) is 51.0 Å². The van der Waals surface area contributed by atoms with Crippen LogP contribution < -0.4 is 5.32 Å². The third-order valence-electron chi connectivity index (χ3n) is 2.79. The molecule has 1 saturated carbocycles. The number of oxazole rings is 1. The van der Waals surface area contributed by atoms with Crippen molar-refractivity contribution in [3.05, 3.63) is 23.7 Å². The highest BCUT2D eigenvalue weighted by Crippen LogP contribution is 2.19. The minimum Gasteiger partial charge on any atom is -0.439 e. The Morgan fingerprint density at radius 2 is 2.25 bits per heavy atom. The lowest BCUT2D eigenvalue weighted by Gasteiger charge is -1.97. The van der Waals surface area contributed by atoms with Gasteiger partial charge >= 0.3 is 0 Å². The average molecular weight is 217 g/mol. The minimum absolute atomic E-state index is 0.724. The van der Waals surface area contributed by atoms with Gasteiger partial charge in [-0.25, -0.2) is 4.98 Å². The van der Waals surface area contributed by atoms with Gasteiger partial charge in [0.2, 0.25) is 0 Å². The van der Waals surface area contributed by atoms with Gasteiger partial charge in [0, 0.05) is 24.7 Å². The summed E-state index contributed by atoms with van der Waals surface area (Å²) in [6.07, 6.45) is 3.47. The number of pyridine rings is 1. The summed E-state index contributed by atoms with van der Waals surface area (Å²) < 4.78 is 5.61. The standard InChI is InChI=1S/C12H15N3O/c1-8-2-5-10-12(14-8)15-11(16-10)6-7-13-9-3-4-9/h2,5,9,13H,3-4,6-7H2,1H3. The maximum atomic E-state index is 5.61. The molecule has 2 heterocycles. The molecular weight excluding hydrogens is 202 g/mol. The zero-order valence-corrected chi connectivity index (χ0v) is 9.36. The third kappa shape index (κ3) is 2.07. The Bertz CT molecular complexity index is 502. The van der Waals surface area contributed by atoms with Crippen LogP contribution in [0.3, 0.4) is 0 Å². The van der Waals surface area contributed by atoms with Gasteiger partial charge in [0.1, 0.15) is 0 Å². The van der Waals surface area contributed by atoms with Crippen molar-refractivity contribution in [2.45, 2.75) is 32.2 Å². The molecule has 84 valence electrons. The molecule has 1 N–H and O–H groups in total. The van der Waals surface area contributed by atoms with Crippen molar-refractivity contribution in [3.63, 3.8) is 0 Å². The summed E-state index contributed by atoms with van der Waals surface area (Å²) in [4.78, 5) is 8.70. The van der Waals surface area contributed by atoms with E-state index in [0.717, 1.165) is 41.8 Å². The maximum absolute atomic E-state index is 5.61. The highest BCUT2D eigenvalue weighted by molar-refractivity contribution is 5.67. The molecule has 4 heteroatoms. The van der Waals surface area contributed by atoms with Crippen molar-refractivity contribution in [3.8, 4) is 0 Å². The lowest BCUT2D eigenvalue weighted by Crippen LogP contribution is -2.19. The number of hydrogen-bond donors (Lipinski definition) is 1. The van der Waals surface area contributed by atoms with Gasteiger partial charge in [-0.3, -0.25) is 0 Å². The Morgan fingerprint density at radius 1 is 1.38 bits per heavy atom. The van der Waals surface area contributed by atoms with Crippen LogP contribution in [-0.2, 0) is 6.42 Å². The summed E-state index contributed by atoms with van der Waals surface area (Å²) in [6.45, 7) is 2.90. The minimum atomic E-state index is 0.724. The second-order valence-corrected chi connectivity index (χ2v) is 4.36. The van der Waals surface area contributed by atoms with E-state index in [-0.39, 0.29) is 0 Å². The Hall–Kier alpha value is -1.42. The summed E-state index contributed by atoms with van der Waals surface area (Å²) in [5.41, 5.74) is 2.48. The predicted molar refractivity (Wildman–Crippen MR) is 61.3 cm³/mol. The molecule has 0 spiro atoms. The van der Waals surface area contributed by atoms with Gasteiger partial charge in [0.15, 0.2) is 17.1 Å². The van der Waals surface area contributed by atoms with Gasteiger partial charge < -0.3 is 9.73 Å². The molecule has 1 aliphatic carbocycles. The van der Waals surface area contributed by atoms with Crippen molar-refractivity contribution in [1.82, 2.24) is 15.3 Å². The molecule has 2 aromatic heterocycles. The van der Waals surface area contributed by atoms with E-state index in [1.54, 1.807) is 0 Å². The predicted octanol–water partition coefficient (Wildman–Crippen LogP) is 1.83. The van der Waals surface area contributed by atoms with E-state index in [2.05, 4.69) is 15.3 Å². The Labute approximate surface area is 94.1 Å². The molecule has 0 radical (unpaired) electrons.